The molecule has 0 unspecified atom stereocenters. The molecular weight excluding hydrogens is 394 g/mol. The highest BCUT2D eigenvalue weighted by Crippen LogP contribution is 2.24. The van der Waals surface area contributed by atoms with Crippen LogP contribution in [0.1, 0.15) is 0 Å². The summed E-state index contributed by atoms with van der Waals surface area (Å²) >= 11 is 1.21. The van der Waals surface area contributed by atoms with Gasteiger partial charge in [-0.15, -0.1) is 5.10 Å². The summed E-state index contributed by atoms with van der Waals surface area (Å²) in [5, 5.41) is 22.2. The molecule has 4 aromatic rings. The molecule has 1 N–H and O–H groups in total. The van der Waals surface area contributed by atoms with Crippen molar-refractivity contribution in [2.75, 3.05) is 11.1 Å². The maximum absolute atomic E-state index is 12.2. The first-order chi connectivity index (χ1) is 14.1. The van der Waals surface area contributed by atoms with Gasteiger partial charge in [-0.05, 0) is 24.3 Å². The highest BCUT2D eigenvalue weighted by molar-refractivity contribution is 8.00. The molecule has 0 aliphatic heterocycles. The van der Waals surface area contributed by atoms with E-state index in [0.717, 1.165) is 5.69 Å². The number of thioether (sulfide) groups is 1. The fourth-order valence-corrected chi connectivity index (χ4v) is 3.30. The Hall–Kier alpha value is -3.86. The lowest BCUT2D eigenvalue weighted by atomic mass is 10.3. The van der Waals surface area contributed by atoms with Crippen molar-refractivity contribution in [2.45, 2.75) is 5.03 Å². The number of nitro benzene ring substituents is 1. The Bertz CT molecular complexity index is 1180. The normalized spacial score (nSPS) is 10.8. The number of hydrogen-bond donors (Lipinski definition) is 1. The predicted molar refractivity (Wildman–Crippen MR) is 107 cm³/mol. The SMILES string of the molecule is O=C(CSc1ncnc2c1nnn2-c1ccccc1)Nc1ccc([N+](=O)[O-])cc1. The number of nitrogens with zero attached hydrogens (tertiary/aromatic N) is 6. The van der Waals surface area contributed by atoms with Crippen LogP contribution in [0.5, 0.6) is 0 Å². The highest BCUT2D eigenvalue weighted by atomic mass is 32.2. The van der Waals surface area contributed by atoms with Gasteiger partial charge in [-0.1, -0.05) is 35.2 Å². The molecule has 0 saturated carbocycles. The largest absolute Gasteiger partial charge is 0.325 e. The van der Waals surface area contributed by atoms with Gasteiger partial charge in [-0.2, -0.15) is 4.68 Å². The Morgan fingerprint density at radius 3 is 2.59 bits per heavy atom. The van der Waals surface area contributed by atoms with Crippen molar-refractivity contribution < 1.29 is 9.72 Å². The molecule has 2 aromatic heterocycles. The van der Waals surface area contributed by atoms with Gasteiger partial charge in [0, 0.05) is 17.8 Å². The smallest absolute Gasteiger partial charge is 0.269 e. The zero-order chi connectivity index (χ0) is 20.2. The van der Waals surface area contributed by atoms with E-state index < -0.39 is 4.92 Å². The van der Waals surface area contributed by atoms with Crippen molar-refractivity contribution in [1.82, 2.24) is 25.0 Å². The minimum atomic E-state index is -0.496. The van der Waals surface area contributed by atoms with Gasteiger partial charge in [-0.3, -0.25) is 14.9 Å². The number of para-hydroxylation sites is 1. The molecule has 0 atom stereocenters. The van der Waals surface area contributed by atoms with Crippen LogP contribution in [-0.4, -0.2) is 41.5 Å². The van der Waals surface area contributed by atoms with Gasteiger partial charge in [0.05, 0.1) is 16.4 Å². The van der Waals surface area contributed by atoms with Crippen LogP contribution < -0.4 is 5.32 Å². The fourth-order valence-electron chi connectivity index (χ4n) is 2.57. The number of rotatable bonds is 6. The predicted octanol–water partition coefficient (Wildman–Crippen LogP) is 2.85. The Morgan fingerprint density at radius 2 is 1.86 bits per heavy atom. The van der Waals surface area contributed by atoms with Gasteiger partial charge in [-0.25, -0.2) is 9.97 Å². The highest BCUT2D eigenvalue weighted by Gasteiger charge is 2.15. The summed E-state index contributed by atoms with van der Waals surface area (Å²) in [5.74, 6) is -0.188. The maximum Gasteiger partial charge on any atom is 0.269 e. The van der Waals surface area contributed by atoms with E-state index in [4.69, 9.17) is 0 Å². The summed E-state index contributed by atoms with van der Waals surface area (Å²) in [6.07, 6.45) is 1.40. The van der Waals surface area contributed by atoms with Crippen LogP contribution in [0.4, 0.5) is 11.4 Å². The van der Waals surface area contributed by atoms with Crippen molar-refractivity contribution in [3.63, 3.8) is 0 Å². The van der Waals surface area contributed by atoms with Crippen LogP contribution in [0.2, 0.25) is 0 Å². The van der Waals surface area contributed by atoms with Gasteiger partial charge in [0.1, 0.15) is 11.4 Å². The second-order valence-corrected chi connectivity index (χ2v) is 6.79. The standard InChI is InChI=1S/C18H13N7O3S/c26-15(21-12-6-8-14(9-7-12)25(27)28)10-29-18-16-17(19-11-20-18)24(23-22-16)13-4-2-1-3-5-13/h1-9,11H,10H2,(H,21,26). The number of hydrogen-bond acceptors (Lipinski definition) is 8. The molecule has 4 rings (SSSR count). The lowest BCUT2D eigenvalue weighted by molar-refractivity contribution is -0.384. The molecule has 10 nitrogen and oxygen atoms in total. The van der Waals surface area contributed by atoms with Crippen molar-refractivity contribution in [3.05, 3.63) is 71.0 Å². The molecule has 0 spiro atoms. The van der Waals surface area contributed by atoms with Crippen LogP contribution >= 0.6 is 11.8 Å². The van der Waals surface area contributed by atoms with Crippen LogP contribution in [0.3, 0.4) is 0 Å². The Morgan fingerprint density at radius 1 is 1.10 bits per heavy atom. The third kappa shape index (κ3) is 4.04. The van der Waals surface area contributed by atoms with Gasteiger partial charge in [0.15, 0.2) is 11.2 Å². The molecule has 0 bridgehead atoms. The number of anilines is 1. The molecule has 144 valence electrons. The van der Waals surface area contributed by atoms with E-state index in [-0.39, 0.29) is 17.3 Å². The molecule has 0 saturated heterocycles. The Labute approximate surface area is 168 Å². The van der Waals surface area contributed by atoms with E-state index in [1.807, 2.05) is 30.3 Å². The van der Waals surface area contributed by atoms with E-state index in [2.05, 4.69) is 25.6 Å². The van der Waals surface area contributed by atoms with Gasteiger partial charge < -0.3 is 5.32 Å². The van der Waals surface area contributed by atoms with Crippen LogP contribution in [-0.2, 0) is 4.79 Å². The summed E-state index contributed by atoms with van der Waals surface area (Å²) in [5.41, 5.74) is 2.31. The summed E-state index contributed by atoms with van der Waals surface area (Å²) in [6, 6.07) is 15.1. The first-order valence-corrected chi connectivity index (χ1v) is 9.39. The van der Waals surface area contributed by atoms with Gasteiger partial charge in [0.25, 0.3) is 5.69 Å². The number of carbonyl (C=O) groups excluding carboxylic acids is 1. The van der Waals surface area contributed by atoms with E-state index in [0.29, 0.717) is 21.9 Å². The summed E-state index contributed by atoms with van der Waals surface area (Å²) in [7, 11) is 0. The number of carbonyl (C=O) groups is 1. The lowest BCUT2D eigenvalue weighted by Gasteiger charge is -2.05. The fraction of sp³-hybridized carbons (Fsp3) is 0.0556. The summed E-state index contributed by atoms with van der Waals surface area (Å²) in [6.45, 7) is 0. The molecule has 0 aliphatic carbocycles. The molecule has 0 fully saturated rings. The quantitative estimate of drug-likeness (QED) is 0.224. The molecule has 1 amide bonds. The number of nitro groups is 1. The molecule has 0 radical (unpaired) electrons. The third-order valence-corrected chi connectivity index (χ3v) is 4.89. The van der Waals surface area contributed by atoms with Crippen LogP contribution in [0, 0.1) is 10.1 Å². The number of amides is 1. The lowest BCUT2D eigenvalue weighted by Crippen LogP contribution is -2.14. The van der Waals surface area contributed by atoms with E-state index in [9.17, 15) is 14.9 Å². The third-order valence-electron chi connectivity index (χ3n) is 3.91. The maximum atomic E-state index is 12.2. The second-order valence-electron chi connectivity index (χ2n) is 5.83. The first kappa shape index (κ1) is 18.5. The summed E-state index contributed by atoms with van der Waals surface area (Å²) in [4.78, 5) is 30.9. The molecule has 29 heavy (non-hydrogen) atoms. The Balaban J connectivity index is 1.46. The molecular formula is C18H13N7O3S. The number of non-ortho nitro benzene ring substituents is 1. The average molecular weight is 407 g/mol. The minimum Gasteiger partial charge on any atom is -0.325 e. The van der Waals surface area contributed by atoms with E-state index in [1.165, 1.54) is 42.4 Å². The Kier molecular flexibility index (Phi) is 5.12. The zero-order valence-electron chi connectivity index (χ0n) is 14.8. The van der Waals surface area contributed by atoms with Gasteiger partial charge in [0.2, 0.25) is 5.91 Å². The van der Waals surface area contributed by atoms with Gasteiger partial charge >= 0.3 is 0 Å². The second kappa shape index (κ2) is 8.02. The molecule has 2 aromatic carbocycles. The van der Waals surface area contributed by atoms with Crippen LogP contribution in [0.25, 0.3) is 16.9 Å². The number of fused-ring (bicyclic) bond motifs is 1. The molecule has 2 heterocycles. The summed E-state index contributed by atoms with van der Waals surface area (Å²) < 4.78 is 1.61. The van der Waals surface area contributed by atoms with Crippen molar-refractivity contribution in [3.8, 4) is 5.69 Å². The molecule has 0 aliphatic rings. The average Bonchev–Trinajstić information content (AvgIpc) is 3.18. The van der Waals surface area contributed by atoms with Crippen molar-refractivity contribution >= 4 is 40.2 Å². The molecule has 11 heteroatoms. The van der Waals surface area contributed by atoms with Crippen molar-refractivity contribution in [2.24, 2.45) is 0 Å². The zero-order valence-corrected chi connectivity index (χ0v) is 15.6. The van der Waals surface area contributed by atoms with Crippen LogP contribution in [0.15, 0.2) is 66.0 Å². The number of aromatic nitrogens is 5. The van der Waals surface area contributed by atoms with E-state index >= 15 is 0 Å². The minimum absolute atomic E-state index is 0.0396. The van der Waals surface area contributed by atoms with Crippen molar-refractivity contribution in [1.29, 1.82) is 0 Å². The number of nitrogens with one attached hydrogen (secondary N) is 1. The first-order valence-electron chi connectivity index (χ1n) is 8.41. The topological polar surface area (TPSA) is 129 Å². The number of benzene rings is 2. The monoisotopic (exact) mass is 407 g/mol. The van der Waals surface area contributed by atoms with E-state index in [1.54, 1.807) is 4.68 Å².